The van der Waals surface area contributed by atoms with Gasteiger partial charge in [-0.1, -0.05) is 22.9 Å². The Hall–Kier alpha value is -0.280. The molecule has 2 unspecified atom stereocenters. The monoisotopic (exact) mass is 202 g/mol. The maximum Gasteiger partial charge on any atom is 0.187 e. The van der Waals surface area contributed by atoms with Crippen LogP contribution in [0.3, 0.4) is 0 Å². The number of nitrogens with zero attached hydrogens (tertiary/aromatic N) is 2. The molecule has 2 nitrogen and oxygen atoms in total. The van der Waals surface area contributed by atoms with Crippen LogP contribution in [0.15, 0.2) is 6.20 Å². The van der Waals surface area contributed by atoms with Crippen LogP contribution in [0, 0.1) is 0 Å². The van der Waals surface area contributed by atoms with E-state index >= 15 is 0 Å². The number of hydrogen-bond acceptors (Lipinski definition) is 3. The van der Waals surface area contributed by atoms with E-state index < -0.39 is 0 Å². The summed E-state index contributed by atoms with van der Waals surface area (Å²) >= 11 is 7.37. The SMILES string of the molecule is CC1CC(C)N1c1ncc(Cl)s1. The summed E-state index contributed by atoms with van der Waals surface area (Å²) < 4.78 is 0.774. The molecule has 0 saturated carbocycles. The summed E-state index contributed by atoms with van der Waals surface area (Å²) in [5, 5.41) is 1.06. The summed E-state index contributed by atoms with van der Waals surface area (Å²) in [5.74, 6) is 0. The fourth-order valence-electron chi connectivity index (χ4n) is 1.76. The third-order valence-corrected chi connectivity index (χ3v) is 3.45. The molecule has 0 aromatic carbocycles. The van der Waals surface area contributed by atoms with Crippen molar-refractivity contribution in [3.63, 3.8) is 0 Å². The summed E-state index contributed by atoms with van der Waals surface area (Å²) in [6.07, 6.45) is 2.98. The van der Waals surface area contributed by atoms with E-state index in [1.165, 1.54) is 6.42 Å². The number of thiazole rings is 1. The van der Waals surface area contributed by atoms with Crippen molar-refractivity contribution in [3.8, 4) is 0 Å². The van der Waals surface area contributed by atoms with Crippen molar-refractivity contribution >= 4 is 28.1 Å². The van der Waals surface area contributed by atoms with Crippen molar-refractivity contribution in [2.75, 3.05) is 4.90 Å². The zero-order valence-electron chi connectivity index (χ0n) is 7.12. The summed E-state index contributed by atoms with van der Waals surface area (Å²) in [5.41, 5.74) is 0. The van der Waals surface area contributed by atoms with Crippen molar-refractivity contribution in [3.05, 3.63) is 10.5 Å². The zero-order chi connectivity index (χ0) is 8.72. The first-order valence-electron chi connectivity index (χ1n) is 4.08. The highest BCUT2D eigenvalue weighted by Gasteiger charge is 2.33. The molecule has 1 fully saturated rings. The summed E-state index contributed by atoms with van der Waals surface area (Å²) in [7, 11) is 0. The van der Waals surface area contributed by atoms with Gasteiger partial charge < -0.3 is 4.90 Å². The topological polar surface area (TPSA) is 16.1 Å². The summed E-state index contributed by atoms with van der Waals surface area (Å²) in [6.45, 7) is 4.44. The Labute approximate surface area is 81.2 Å². The molecule has 0 radical (unpaired) electrons. The number of rotatable bonds is 1. The first-order valence-corrected chi connectivity index (χ1v) is 5.27. The molecule has 1 aromatic heterocycles. The van der Waals surface area contributed by atoms with E-state index in [2.05, 4.69) is 23.7 Å². The molecule has 2 atom stereocenters. The molecule has 0 aliphatic carbocycles. The largest absolute Gasteiger partial charge is 0.342 e. The van der Waals surface area contributed by atoms with Crippen LogP contribution in [-0.2, 0) is 0 Å². The third kappa shape index (κ3) is 1.21. The molecular formula is C8H11ClN2S. The summed E-state index contributed by atoms with van der Waals surface area (Å²) in [4.78, 5) is 6.57. The Morgan fingerprint density at radius 2 is 2.25 bits per heavy atom. The Balaban J connectivity index is 2.19. The first kappa shape index (κ1) is 8.32. The normalized spacial score (nSPS) is 28.8. The van der Waals surface area contributed by atoms with Crippen LogP contribution in [0.25, 0.3) is 0 Å². The van der Waals surface area contributed by atoms with E-state index in [0.717, 1.165) is 9.47 Å². The molecule has 4 heteroatoms. The smallest absolute Gasteiger partial charge is 0.187 e. The standard InChI is InChI=1S/C8H11ClN2S/c1-5-3-6(2)11(5)8-10-4-7(9)12-8/h4-6H,3H2,1-2H3. The van der Waals surface area contributed by atoms with Crippen LogP contribution < -0.4 is 4.90 Å². The van der Waals surface area contributed by atoms with Crippen LogP contribution >= 0.6 is 22.9 Å². The van der Waals surface area contributed by atoms with E-state index in [4.69, 9.17) is 11.6 Å². The quantitative estimate of drug-likeness (QED) is 0.696. The maximum atomic E-state index is 5.81. The van der Waals surface area contributed by atoms with Gasteiger partial charge in [-0.3, -0.25) is 0 Å². The number of anilines is 1. The lowest BCUT2D eigenvalue weighted by Gasteiger charge is -2.45. The Bertz CT molecular complexity index is 278. The van der Waals surface area contributed by atoms with Gasteiger partial charge in [-0.2, -0.15) is 0 Å². The molecule has 1 aliphatic rings. The minimum atomic E-state index is 0.627. The average molecular weight is 203 g/mol. The molecule has 0 N–H and O–H groups in total. The van der Waals surface area contributed by atoms with E-state index in [0.29, 0.717) is 12.1 Å². The highest BCUT2D eigenvalue weighted by Crippen LogP contribution is 2.35. The van der Waals surface area contributed by atoms with Crippen molar-refractivity contribution < 1.29 is 0 Å². The van der Waals surface area contributed by atoms with E-state index in [1.54, 1.807) is 17.5 Å². The lowest BCUT2D eigenvalue weighted by Crippen LogP contribution is -2.53. The predicted octanol–water partition coefficient (Wildman–Crippen LogP) is 2.78. The molecule has 0 spiro atoms. The van der Waals surface area contributed by atoms with Crippen molar-refractivity contribution in [2.24, 2.45) is 0 Å². The maximum absolute atomic E-state index is 5.81. The first-order chi connectivity index (χ1) is 5.68. The second-order valence-electron chi connectivity index (χ2n) is 3.29. The van der Waals surface area contributed by atoms with Crippen LogP contribution in [0.2, 0.25) is 4.34 Å². The van der Waals surface area contributed by atoms with Crippen LogP contribution in [-0.4, -0.2) is 17.1 Å². The molecule has 12 heavy (non-hydrogen) atoms. The highest BCUT2D eigenvalue weighted by atomic mass is 35.5. The van der Waals surface area contributed by atoms with Gasteiger partial charge in [0, 0.05) is 12.1 Å². The summed E-state index contributed by atoms with van der Waals surface area (Å²) in [6, 6.07) is 1.25. The van der Waals surface area contributed by atoms with Gasteiger partial charge in [0.2, 0.25) is 0 Å². The molecule has 2 rings (SSSR count). The van der Waals surface area contributed by atoms with Crippen LogP contribution in [0.5, 0.6) is 0 Å². The van der Waals surface area contributed by atoms with Gasteiger partial charge in [0.1, 0.15) is 4.34 Å². The van der Waals surface area contributed by atoms with Gasteiger partial charge in [-0.15, -0.1) is 0 Å². The molecule has 1 aliphatic heterocycles. The predicted molar refractivity (Wildman–Crippen MR) is 53.1 cm³/mol. The number of halogens is 1. The molecule has 0 amide bonds. The minimum Gasteiger partial charge on any atom is -0.342 e. The molecular weight excluding hydrogens is 192 g/mol. The van der Waals surface area contributed by atoms with Gasteiger partial charge in [-0.25, -0.2) is 4.98 Å². The van der Waals surface area contributed by atoms with Gasteiger partial charge in [0.05, 0.1) is 6.20 Å². The zero-order valence-corrected chi connectivity index (χ0v) is 8.69. The van der Waals surface area contributed by atoms with Crippen molar-refractivity contribution in [2.45, 2.75) is 32.4 Å². The van der Waals surface area contributed by atoms with E-state index in [1.807, 2.05) is 0 Å². The van der Waals surface area contributed by atoms with Crippen molar-refractivity contribution in [1.29, 1.82) is 0 Å². The van der Waals surface area contributed by atoms with Gasteiger partial charge in [-0.05, 0) is 20.3 Å². The Morgan fingerprint density at radius 3 is 2.67 bits per heavy atom. The molecule has 2 heterocycles. The van der Waals surface area contributed by atoms with Crippen molar-refractivity contribution in [1.82, 2.24) is 4.98 Å². The number of hydrogen-bond donors (Lipinski definition) is 0. The van der Waals surface area contributed by atoms with Gasteiger partial charge in [0.25, 0.3) is 0 Å². The Kier molecular flexibility index (Phi) is 2.00. The molecule has 1 saturated heterocycles. The molecule has 0 bridgehead atoms. The van der Waals surface area contributed by atoms with Crippen LogP contribution in [0.4, 0.5) is 5.13 Å². The third-order valence-electron chi connectivity index (χ3n) is 2.32. The molecule has 1 aromatic rings. The van der Waals surface area contributed by atoms with Gasteiger partial charge >= 0.3 is 0 Å². The Morgan fingerprint density at radius 1 is 1.58 bits per heavy atom. The lowest BCUT2D eigenvalue weighted by atomic mass is 9.97. The fourth-order valence-corrected chi connectivity index (χ4v) is 2.87. The molecule has 66 valence electrons. The van der Waals surface area contributed by atoms with Gasteiger partial charge in [0.15, 0.2) is 5.13 Å². The fraction of sp³-hybridized carbons (Fsp3) is 0.625. The second kappa shape index (κ2) is 2.89. The average Bonchev–Trinajstić information content (AvgIpc) is 2.35. The van der Waals surface area contributed by atoms with Crippen LogP contribution in [0.1, 0.15) is 20.3 Å². The lowest BCUT2D eigenvalue weighted by molar-refractivity contribution is 0.380. The highest BCUT2D eigenvalue weighted by molar-refractivity contribution is 7.19. The van der Waals surface area contributed by atoms with E-state index in [-0.39, 0.29) is 0 Å². The number of aromatic nitrogens is 1. The van der Waals surface area contributed by atoms with E-state index in [9.17, 15) is 0 Å². The minimum absolute atomic E-state index is 0.627. The second-order valence-corrected chi connectivity index (χ2v) is 4.93.